The molecule has 0 radical (unpaired) electrons. The average Bonchev–Trinajstić information content (AvgIpc) is 3.30. The Bertz CT molecular complexity index is 1240. The lowest BCUT2D eigenvalue weighted by atomic mass is 9.73. The van der Waals surface area contributed by atoms with Crippen molar-refractivity contribution >= 4 is 28.6 Å². The predicted octanol–water partition coefficient (Wildman–Crippen LogP) is 5.05. The molecule has 2 aromatic heterocycles. The maximum absolute atomic E-state index is 14.2. The SMILES string of the molecule is CC(C)(CC(O)(Cc1cc2nc(C(=O)O)ccc2[nH]1)C(F)(F)F)c1cc(Cl)cc2c1OCC2. The van der Waals surface area contributed by atoms with Crippen molar-refractivity contribution in [3.63, 3.8) is 0 Å². The molecule has 6 nitrogen and oxygen atoms in total. The van der Waals surface area contributed by atoms with Crippen LogP contribution in [-0.4, -0.2) is 44.5 Å². The molecule has 33 heavy (non-hydrogen) atoms. The number of aromatic carboxylic acids is 1. The summed E-state index contributed by atoms with van der Waals surface area (Å²) in [6, 6.07) is 7.33. The van der Waals surface area contributed by atoms with Gasteiger partial charge in [-0.2, -0.15) is 13.2 Å². The van der Waals surface area contributed by atoms with Gasteiger partial charge in [0, 0.05) is 29.1 Å². The highest BCUT2D eigenvalue weighted by Crippen LogP contribution is 2.47. The summed E-state index contributed by atoms with van der Waals surface area (Å²) >= 11 is 6.21. The molecule has 1 aromatic carbocycles. The first-order valence-electron chi connectivity index (χ1n) is 10.3. The van der Waals surface area contributed by atoms with E-state index < -0.39 is 36.0 Å². The number of aromatic nitrogens is 2. The van der Waals surface area contributed by atoms with Crippen LogP contribution in [0.5, 0.6) is 5.75 Å². The van der Waals surface area contributed by atoms with Crippen LogP contribution >= 0.6 is 11.6 Å². The minimum atomic E-state index is -4.94. The molecule has 3 N–H and O–H groups in total. The number of pyridine rings is 1. The molecule has 0 bridgehead atoms. The van der Waals surface area contributed by atoms with Gasteiger partial charge in [0.1, 0.15) is 11.4 Å². The number of rotatable bonds is 6. The van der Waals surface area contributed by atoms with Crippen molar-refractivity contribution in [3.05, 3.63) is 57.9 Å². The third kappa shape index (κ3) is 4.39. The van der Waals surface area contributed by atoms with Crippen LogP contribution in [0.15, 0.2) is 30.3 Å². The number of carboxylic acid groups (broad SMARTS) is 1. The Morgan fingerprint density at radius 2 is 1.97 bits per heavy atom. The van der Waals surface area contributed by atoms with Gasteiger partial charge in [-0.1, -0.05) is 25.4 Å². The molecule has 1 aliphatic rings. The number of halogens is 4. The third-order valence-corrected chi connectivity index (χ3v) is 6.19. The van der Waals surface area contributed by atoms with Crippen molar-refractivity contribution in [3.8, 4) is 5.75 Å². The number of nitrogens with zero attached hydrogens (tertiary/aromatic N) is 1. The summed E-state index contributed by atoms with van der Waals surface area (Å²) in [5.74, 6) is -0.727. The van der Waals surface area contributed by atoms with Gasteiger partial charge in [-0.3, -0.25) is 0 Å². The molecule has 0 spiro atoms. The fourth-order valence-electron chi connectivity index (χ4n) is 4.46. The van der Waals surface area contributed by atoms with Gasteiger partial charge in [-0.15, -0.1) is 0 Å². The summed E-state index contributed by atoms with van der Waals surface area (Å²) in [4.78, 5) is 17.9. The molecule has 1 aliphatic heterocycles. The highest BCUT2D eigenvalue weighted by atomic mass is 35.5. The molecule has 0 saturated carbocycles. The van der Waals surface area contributed by atoms with E-state index in [2.05, 4.69) is 9.97 Å². The Morgan fingerprint density at radius 3 is 2.64 bits per heavy atom. The molecule has 0 saturated heterocycles. The zero-order valence-electron chi connectivity index (χ0n) is 17.9. The van der Waals surface area contributed by atoms with E-state index in [1.165, 1.54) is 18.2 Å². The topological polar surface area (TPSA) is 95.4 Å². The maximum Gasteiger partial charge on any atom is 0.417 e. The van der Waals surface area contributed by atoms with Gasteiger partial charge in [0.15, 0.2) is 5.60 Å². The van der Waals surface area contributed by atoms with Crippen LogP contribution in [0.25, 0.3) is 11.0 Å². The molecule has 4 rings (SSSR count). The van der Waals surface area contributed by atoms with Crippen LogP contribution in [0.2, 0.25) is 5.02 Å². The lowest BCUT2D eigenvalue weighted by Gasteiger charge is -2.38. The summed E-state index contributed by atoms with van der Waals surface area (Å²) < 4.78 is 48.3. The van der Waals surface area contributed by atoms with Crippen LogP contribution in [-0.2, 0) is 18.3 Å². The van der Waals surface area contributed by atoms with Crippen molar-refractivity contribution in [2.45, 2.75) is 50.3 Å². The van der Waals surface area contributed by atoms with Gasteiger partial charge >= 0.3 is 12.1 Å². The monoisotopic (exact) mass is 482 g/mol. The lowest BCUT2D eigenvalue weighted by molar-refractivity contribution is -0.266. The molecular formula is C23H22ClF3N2O4. The average molecular weight is 483 g/mol. The largest absolute Gasteiger partial charge is 0.493 e. The van der Waals surface area contributed by atoms with E-state index in [-0.39, 0.29) is 16.9 Å². The van der Waals surface area contributed by atoms with Crippen molar-refractivity contribution in [2.75, 3.05) is 6.61 Å². The number of H-pyrrole nitrogens is 1. The number of nitrogens with one attached hydrogen (secondary N) is 1. The van der Waals surface area contributed by atoms with E-state index in [4.69, 9.17) is 21.4 Å². The van der Waals surface area contributed by atoms with Crippen molar-refractivity contribution in [2.24, 2.45) is 0 Å². The Hall–Kier alpha value is -2.78. The van der Waals surface area contributed by atoms with Crippen LogP contribution in [0.1, 0.15) is 47.6 Å². The zero-order valence-corrected chi connectivity index (χ0v) is 18.6. The van der Waals surface area contributed by atoms with Gasteiger partial charge in [0.25, 0.3) is 0 Å². The van der Waals surface area contributed by atoms with Gasteiger partial charge < -0.3 is 19.9 Å². The number of ether oxygens (including phenoxy) is 1. The van der Waals surface area contributed by atoms with Crippen LogP contribution < -0.4 is 4.74 Å². The number of fused-ring (bicyclic) bond motifs is 2. The summed E-state index contributed by atoms with van der Waals surface area (Å²) in [7, 11) is 0. The number of aliphatic hydroxyl groups is 1. The fraction of sp³-hybridized carbons (Fsp3) is 0.391. The van der Waals surface area contributed by atoms with Crippen LogP contribution in [0, 0.1) is 0 Å². The first kappa shape index (κ1) is 23.4. The highest BCUT2D eigenvalue weighted by molar-refractivity contribution is 6.30. The Labute approximate surface area is 192 Å². The van der Waals surface area contributed by atoms with Gasteiger partial charge in [-0.25, -0.2) is 9.78 Å². The molecule has 176 valence electrons. The molecule has 0 amide bonds. The Morgan fingerprint density at radius 1 is 1.24 bits per heavy atom. The minimum absolute atomic E-state index is 0.0863. The molecule has 0 aliphatic carbocycles. The Balaban J connectivity index is 1.70. The standard InChI is InChI=1S/C23H22ClF3N2O4/c1-21(2,15-8-13(24)7-12-5-6-33-19(12)15)11-22(32,23(25,26)27)10-14-9-18-16(28-14)3-4-17(29-18)20(30)31/h3-4,7-9,28,32H,5-6,10-11H2,1-2H3,(H,30,31). The van der Waals surface area contributed by atoms with Crippen LogP contribution in [0.3, 0.4) is 0 Å². The van der Waals surface area contributed by atoms with Crippen molar-refractivity contribution in [1.29, 1.82) is 0 Å². The summed E-state index contributed by atoms with van der Waals surface area (Å²) in [5, 5.41) is 20.4. The van der Waals surface area contributed by atoms with Crippen molar-refractivity contribution in [1.82, 2.24) is 9.97 Å². The summed E-state index contributed by atoms with van der Waals surface area (Å²) in [5.41, 5.74) is -2.44. The normalized spacial score (nSPS) is 15.8. The summed E-state index contributed by atoms with van der Waals surface area (Å²) in [6.45, 7) is 3.65. The smallest absolute Gasteiger partial charge is 0.417 e. The van der Waals surface area contributed by atoms with E-state index in [9.17, 15) is 23.1 Å². The fourth-order valence-corrected chi connectivity index (χ4v) is 4.70. The lowest BCUT2D eigenvalue weighted by Crippen LogP contribution is -2.51. The minimum Gasteiger partial charge on any atom is -0.493 e. The quantitative estimate of drug-likeness (QED) is 0.457. The van der Waals surface area contributed by atoms with E-state index >= 15 is 0 Å². The van der Waals surface area contributed by atoms with Crippen molar-refractivity contribution < 1.29 is 32.9 Å². The molecule has 0 fully saturated rings. The first-order chi connectivity index (χ1) is 15.3. The molecule has 1 atom stereocenters. The first-order valence-corrected chi connectivity index (χ1v) is 10.6. The van der Waals surface area contributed by atoms with Gasteiger partial charge in [0.05, 0.1) is 17.6 Å². The molecule has 3 aromatic rings. The van der Waals surface area contributed by atoms with E-state index in [0.29, 0.717) is 34.9 Å². The second-order valence-electron chi connectivity index (χ2n) is 9.04. The highest BCUT2D eigenvalue weighted by Gasteiger charge is 2.56. The van der Waals surface area contributed by atoms with E-state index in [0.717, 1.165) is 5.56 Å². The predicted molar refractivity (Wildman–Crippen MR) is 116 cm³/mol. The maximum atomic E-state index is 14.2. The number of hydrogen-bond acceptors (Lipinski definition) is 4. The van der Waals surface area contributed by atoms with Gasteiger partial charge in [-0.05, 0) is 47.7 Å². The number of alkyl halides is 3. The molecule has 3 heterocycles. The zero-order chi connectivity index (χ0) is 24.2. The number of hydrogen-bond donors (Lipinski definition) is 3. The number of carbonyl (C=O) groups is 1. The second-order valence-corrected chi connectivity index (χ2v) is 9.47. The van der Waals surface area contributed by atoms with E-state index in [1.54, 1.807) is 26.0 Å². The molecule has 1 unspecified atom stereocenters. The van der Waals surface area contributed by atoms with Gasteiger partial charge in [0.2, 0.25) is 0 Å². The number of carboxylic acids is 1. The van der Waals surface area contributed by atoms with Crippen LogP contribution in [0.4, 0.5) is 13.2 Å². The van der Waals surface area contributed by atoms with E-state index in [1.807, 2.05) is 0 Å². The molecule has 10 heteroatoms. The number of benzene rings is 1. The number of aromatic amines is 1. The summed E-state index contributed by atoms with van der Waals surface area (Å²) in [6.07, 6.45) is -5.74. The second kappa shape index (κ2) is 7.92. The third-order valence-electron chi connectivity index (χ3n) is 5.97. The Kier molecular flexibility index (Phi) is 5.61. The molecular weight excluding hydrogens is 461 g/mol.